The maximum Gasteiger partial charge on any atom is 0.0897 e. The van der Waals surface area contributed by atoms with Crippen molar-refractivity contribution < 1.29 is 0 Å². The van der Waals surface area contributed by atoms with Gasteiger partial charge in [0.05, 0.1) is 5.01 Å². The van der Waals surface area contributed by atoms with E-state index in [0.29, 0.717) is 6.04 Å². The van der Waals surface area contributed by atoms with Gasteiger partial charge >= 0.3 is 0 Å². The Labute approximate surface area is 97.1 Å². The summed E-state index contributed by atoms with van der Waals surface area (Å²) in [5.74, 6) is 0.813. The summed E-state index contributed by atoms with van der Waals surface area (Å²) >= 11 is 1.79. The molecule has 1 aromatic rings. The van der Waals surface area contributed by atoms with Gasteiger partial charge in [0.25, 0.3) is 0 Å². The van der Waals surface area contributed by atoms with Crippen LogP contribution in [0, 0.1) is 12.8 Å². The largest absolute Gasteiger partial charge is 0.309 e. The minimum absolute atomic E-state index is 0.448. The van der Waals surface area contributed by atoms with Crippen LogP contribution in [-0.2, 0) is 0 Å². The molecule has 86 valence electrons. The lowest BCUT2D eigenvalue weighted by atomic mass is 10.1. The molecule has 3 heteroatoms. The Kier molecular flexibility index (Phi) is 5.26. The normalized spacial score (nSPS) is 13.4. The number of hydrogen-bond acceptors (Lipinski definition) is 3. The molecule has 0 aliphatic carbocycles. The maximum atomic E-state index is 4.27. The predicted molar refractivity (Wildman–Crippen MR) is 67.3 cm³/mol. The van der Waals surface area contributed by atoms with Gasteiger partial charge in [-0.15, -0.1) is 11.3 Å². The molecule has 1 heterocycles. The van der Waals surface area contributed by atoms with E-state index in [1.807, 2.05) is 6.20 Å². The molecule has 2 nitrogen and oxygen atoms in total. The molecule has 0 saturated heterocycles. The lowest BCUT2D eigenvalue weighted by Gasteiger charge is -2.12. The van der Waals surface area contributed by atoms with Gasteiger partial charge in [0, 0.05) is 17.1 Å². The monoisotopic (exact) mass is 226 g/mol. The lowest BCUT2D eigenvalue weighted by Crippen LogP contribution is -2.19. The fourth-order valence-corrected chi connectivity index (χ4v) is 2.32. The standard InChI is InChI=1S/C12H22N2S/c1-9(2)6-5-7-13-10(3)12-8-14-11(4)15-12/h8-10,13H,5-7H2,1-4H3. The summed E-state index contributed by atoms with van der Waals surface area (Å²) in [6.45, 7) is 9.92. The van der Waals surface area contributed by atoms with Crippen molar-refractivity contribution >= 4 is 11.3 Å². The summed E-state index contributed by atoms with van der Waals surface area (Å²) in [6, 6.07) is 0.448. The molecule has 0 amide bonds. The molecule has 0 radical (unpaired) electrons. The molecule has 0 saturated carbocycles. The number of thiazole rings is 1. The number of hydrogen-bond donors (Lipinski definition) is 1. The van der Waals surface area contributed by atoms with Crippen LogP contribution in [0.1, 0.15) is 49.5 Å². The highest BCUT2D eigenvalue weighted by Gasteiger charge is 2.07. The summed E-state index contributed by atoms with van der Waals surface area (Å²) in [6.07, 6.45) is 4.56. The summed E-state index contributed by atoms with van der Waals surface area (Å²) in [5.41, 5.74) is 0. The Morgan fingerprint density at radius 3 is 2.67 bits per heavy atom. The van der Waals surface area contributed by atoms with E-state index in [4.69, 9.17) is 0 Å². The zero-order valence-corrected chi connectivity index (χ0v) is 11.0. The van der Waals surface area contributed by atoms with Crippen molar-refractivity contribution in [2.24, 2.45) is 5.92 Å². The van der Waals surface area contributed by atoms with Gasteiger partial charge in [0.2, 0.25) is 0 Å². The average molecular weight is 226 g/mol. The highest BCUT2D eigenvalue weighted by atomic mass is 32.1. The van der Waals surface area contributed by atoms with Gasteiger partial charge in [0.1, 0.15) is 0 Å². The molecule has 0 fully saturated rings. The van der Waals surface area contributed by atoms with E-state index in [1.54, 1.807) is 11.3 Å². The first kappa shape index (κ1) is 12.7. The van der Waals surface area contributed by atoms with Gasteiger partial charge in [-0.2, -0.15) is 0 Å². The predicted octanol–water partition coefficient (Wildman–Crippen LogP) is 3.54. The van der Waals surface area contributed by atoms with Crippen molar-refractivity contribution in [1.82, 2.24) is 10.3 Å². The van der Waals surface area contributed by atoms with Crippen LogP contribution in [-0.4, -0.2) is 11.5 Å². The Balaban J connectivity index is 2.21. The molecular weight excluding hydrogens is 204 g/mol. The first-order valence-electron chi connectivity index (χ1n) is 5.75. The number of nitrogens with zero attached hydrogens (tertiary/aromatic N) is 1. The zero-order valence-electron chi connectivity index (χ0n) is 10.2. The van der Waals surface area contributed by atoms with Crippen molar-refractivity contribution in [3.05, 3.63) is 16.1 Å². The van der Waals surface area contributed by atoms with E-state index >= 15 is 0 Å². The Bertz CT molecular complexity index is 281. The average Bonchev–Trinajstić information content (AvgIpc) is 2.59. The van der Waals surface area contributed by atoms with Crippen LogP contribution in [0.15, 0.2) is 6.20 Å². The summed E-state index contributed by atoms with van der Waals surface area (Å²) < 4.78 is 0. The van der Waals surface area contributed by atoms with Crippen LogP contribution in [0.4, 0.5) is 0 Å². The fraction of sp³-hybridized carbons (Fsp3) is 0.750. The van der Waals surface area contributed by atoms with Gasteiger partial charge in [-0.25, -0.2) is 4.98 Å². The molecule has 0 spiro atoms. The number of rotatable bonds is 6. The summed E-state index contributed by atoms with van der Waals surface area (Å²) in [5, 5.41) is 4.69. The van der Waals surface area contributed by atoms with Crippen LogP contribution in [0.3, 0.4) is 0 Å². The van der Waals surface area contributed by atoms with E-state index in [-0.39, 0.29) is 0 Å². The molecular formula is C12H22N2S. The third-order valence-corrected chi connectivity index (χ3v) is 3.57. The number of aryl methyl sites for hydroxylation is 1. The van der Waals surface area contributed by atoms with Gasteiger partial charge in [-0.05, 0) is 39.2 Å². The molecule has 1 atom stereocenters. The number of aromatic nitrogens is 1. The van der Waals surface area contributed by atoms with Gasteiger partial charge in [0.15, 0.2) is 0 Å². The molecule has 0 aliphatic heterocycles. The quantitative estimate of drug-likeness (QED) is 0.750. The van der Waals surface area contributed by atoms with E-state index in [2.05, 4.69) is 38.0 Å². The van der Waals surface area contributed by atoms with E-state index in [9.17, 15) is 0 Å². The third kappa shape index (κ3) is 4.76. The minimum atomic E-state index is 0.448. The molecule has 1 aromatic heterocycles. The summed E-state index contributed by atoms with van der Waals surface area (Å²) in [4.78, 5) is 5.62. The molecule has 1 unspecified atom stereocenters. The first-order chi connectivity index (χ1) is 7.09. The Morgan fingerprint density at radius 1 is 1.40 bits per heavy atom. The van der Waals surface area contributed by atoms with Crippen LogP contribution < -0.4 is 5.32 Å². The molecule has 0 bridgehead atoms. The second-order valence-corrected chi connectivity index (χ2v) is 5.76. The van der Waals surface area contributed by atoms with Crippen molar-refractivity contribution in [2.45, 2.75) is 46.6 Å². The first-order valence-corrected chi connectivity index (χ1v) is 6.57. The minimum Gasteiger partial charge on any atom is -0.309 e. The van der Waals surface area contributed by atoms with Crippen molar-refractivity contribution in [2.75, 3.05) is 6.54 Å². The zero-order chi connectivity index (χ0) is 11.3. The maximum absolute atomic E-state index is 4.27. The molecule has 1 rings (SSSR count). The third-order valence-electron chi connectivity index (χ3n) is 2.47. The van der Waals surface area contributed by atoms with Crippen LogP contribution >= 0.6 is 11.3 Å². The van der Waals surface area contributed by atoms with Crippen LogP contribution in [0.5, 0.6) is 0 Å². The van der Waals surface area contributed by atoms with E-state index < -0.39 is 0 Å². The molecule has 15 heavy (non-hydrogen) atoms. The highest BCUT2D eigenvalue weighted by molar-refractivity contribution is 7.11. The van der Waals surface area contributed by atoms with Crippen molar-refractivity contribution in [3.8, 4) is 0 Å². The topological polar surface area (TPSA) is 24.9 Å². The second kappa shape index (κ2) is 6.23. The Morgan fingerprint density at radius 2 is 2.13 bits per heavy atom. The molecule has 0 aliphatic rings. The van der Waals surface area contributed by atoms with Crippen LogP contribution in [0.25, 0.3) is 0 Å². The second-order valence-electron chi connectivity index (χ2n) is 4.49. The van der Waals surface area contributed by atoms with Crippen molar-refractivity contribution in [1.29, 1.82) is 0 Å². The highest BCUT2D eigenvalue weighted by Crippen LogP contribution is 2.19. The smallest absolute Gasteiger partial charge is 0.0897 e. The van der Waals surface area contributed by atoms with Crippen LogP contribution in [0.2, 0.25) is 0 Å². The Hall–Kier alpha value is -0.410. The SMILES string of the molecule is Cc1ncc(C(C)NCCCC(C)C)s1. The van der Waals surface area contributed by atoms with Crippen molar-refractivity contribution in [3.63, 3.8) is 0 Å². The van der Waals surface area contributed by atoms with E-state index in [1.165, 1.54) is 17.7 Å². The summed E-state index contributed by atoms with van der Waals surface area (Å²) in [7, 11) is 0. The fourth-order valence-electron chi connectivity index (χ4n) is 1.51. The number of nitrogens with one attached hydrogen (secondary N) is 1. The molecule has 0 aromatic carbocycles. The van der Waals surface area contributed by atoms with E-state index in [0.717, 1.165) is 17.5 Å². The van der Waals surface area contributed by atoms with Gasteiger partial charge < -0.3 is 5.32 Å². The van der Waals surface area contributed by atoms with Gasteiger partial charge in [-0.1, -0.05) is 13.8 Å². The van der Waals surface area contributed by atoms with Gasteiger partial charge in [-0.3, -0.25) is 0 Å². The molecule has 1 N–H and O–H groups in total. The lowest BCUT2D eigenvalue weighted by molar-refractivity contribution is 0.500.